The molecule has 1 aromatic carbocycles. The number of aryl methyl sites for hydroxylation is 1. The quantitative estimate of drug-likeness (QED) is 0.709. The zero-order valence-electron chi connectivity index (χ0n) is 13.2. The Morgan fingerprint density at radius 3 is 2.45 bits per heavy atom. The second-order valence-electron chi connectivity index (χ2n) is 6.40. The molecule has 124 valence electrons. The van der Waals surface area contributed by atoms with Crippen molar-refractivity contribution < 1.29 is 9.90 Å². The van der Waals surface area contributed by atoms with E-state index >= 15 is 0 Å². The first-order valence-corrected chi connectivity index (χ1v) is 8.17. The van der Waals surface area contributed by atoms with E-state index in [0.29, 0.717) is 6.42 Å². The first kappa shape index (κ1) is 19.0. The van der Waals surface area contributed by atoms with Gasteiger partial charge in [-0.3, -0.25) is 4.79 Å². The van der Waals surface area contributed by atoms with Crippen molar-refractivity contribution in [1.29, 1.82) is 0 Å². The molecular formula is C18H28ClNO2. The predicted octanol–water partition coefficient (Wildman–Crippen LogP) is 4.06. The van der Waals surface area contributed by atoms with Gasteiger partial charge in [-0.15, -0.1) is 12.4 Å². The summed E-state index contributed by atoms with van der Waals surface area (Å²) in [7, 11) is 0. The lowest BCUT2D eigenvalue weighted by atomic mass is 9.71. The maximum atomic E-state index is 11.1. The fraction of sp³-hybridized carbons (Fsp3) is 0.611. The first-order chi connectivity index (χ1) is 10.2. The molecule has 3 nitrogen and oxygen atoms in total. The molecule has 1 saturated carbocycles. The van der Waals surface area contributed by atoms with Gasteiger partial charge in [0.2, 0.25) is 0 Å². The number of carboxylic acid groups (broad SMARTS) is 1. The summed E-state index contributed by atoms with van der Waals surface area (Å²) >= 11 is 0. The Kier molecular flexibility index (Phi) is 8.51. The molecule has 0 bridgehead atoms. The van der Waals surface area contributed by atoms with Gasteiger partial charge < -0.3 is 10.4 Å². The summed E-state index contributed by atoms with van der Waals surface area (Å²) in [4.78, 5) is 11.1. The smallest absolute Gasteiger partial charge is 0.303 e. The van der Waals surface area contributed by atoms with Crippen LogP contribution >= 0.6 is 12.4 Å². The summed E-state index contributed by atoms with van der Waals surface area (Å²) in [6, 6.07) is 10.5. The third kappa shape index (κ3) is 6.37. The predicted molar refractivity (Wildman–Crippen MR) is 92.7 cm³/mol. The van der Waals surface area contributed by atoms with E-state index in [4.69, 9.17) is 5.11 Å². The van der Waals surface area contributed by atoms with Crippen molar-refractivity contribution in [3.8, 4) is 0 Å². The van der Waals surface area contributed by atoms with Gasteiger partial charge in [-0.05, 0) is 43.2 Å². The first-order valence-electron chi connectivity index (χ1n) is 8.17. The van der Waals surface area contributed by atoms with Gasteiger partial charge >= 0.3 is 5.97 Å². The number of carboxylic acids is 1. The van der Waals surface area contributed by atoms with E-state index in [1.54, 1.807) is 0 Å². The third-order valence-corrected chi connectivity index (χ3v) is 4.60. The molecule has 0 spiro atoms. The van der Waals surface area contributed by atoms with Crippen LogP contribution in [0.2, 0.25) is 0 Å². The number of hydrogen-bond donors (Lipinski definition) is 2. The molecule has 2 rings (SSSR count). The Hall–Kier alpha value is -1.06. The van der Waals surface area contributed by atoms with Crippen molar-refractivity contribution in [2.75, 3.05) is 13.1 Å². The topological polar surface area (TPSA) is 49.3 Å². The highest BCUT2D eigenvalue weighted by atomic mass is 35.5. The van der Waals surface area contributed by atoms with Gasteiger partial charge in [-0.25, -0.2) is 0 Å². The number of hydrogen-bond acceptors (Lipinski definition) is 2. The Labute approximate surface area is 139 Å². The van der Waals surface area contributed by atoms with Crippen LogP contribution in [-0.4, -0.2) is 24.2 Å². The number of nitrogens with one attached hydrogen (secondary N) is 1. The standard InChI is InChI=1S/C18H27NO2.ClH/c20-17(21)14-18(11-5-2-6-12-18)15-19-13-7-10-16-8-3-1-4-9-16;/h1,3-4,8-9,19H,2,5-7,10-15H2,(H,20,21);1H. The molecule has 0 radical (unpaired) electrons. The lowest BCUT2D eigenvalue weighted by Gasteiger charge is -2.36. The summed E-state index contributed by atoms with van der Waals surface area (Å²) in [5.41, 5.74) is 1.37. The fourth-order valence-corrected chi connectivity index (χ4v) is 3.45. The minimum absolute atomic E-state index is 0. The molecule has 1 fully saturated rings. The molecule has 0 saturated heterocycles. The highest BCUT2D eigenvalue weighted by molar-refractivity contribution is 5.85. The summed E-state index contributed by atoms with van der Waals surface area (Å²) in [6.07, 6.45) is 8.24. The van der Waals surface area contributed by atoms with Crippen LogP contribution in [0.3, 0.4) is 0 Å². The fourth-order valence-electron chi connectivity index (χ4n) is 3.45. The number of carbonyl (C=O) groups is 1. The highest BCUT2D eigenvalue weighted by Crippen LogP contribution is 2.38. The Balaban J connectivity index is 0.00000242. The van der Waals surface area contributed by atoms with Crippen molar-refractivity contribution >= 4 is 18.4 Å². The van der Waals surface area contributed by atoms with E-state index in [-0.39, 0.29) is 17.8 Å². The Bertz CT molecular complexity index is 430. The van der Waals surface area contributed by atoms with Crippen LogP contribution in [0.15, 0.2) is 30.3 Å². The van der Waals surface area contributed by atoms with Gasteiger partial charge in [0, 0.05) is 6.54 Å². The number of aliphatic carboxylic acids is 1. The molecule has 0 unspecified atom stereocenters. The molecule has 1 aliphatic rings. The summed E-state index contributed by atoms with van der Waals surface area (Å²) < 4.78 is 0. The lowest BCUT2D eigenvalue weighted by molar-refractivity contribution is -0.140. The molecule has 1 aliphatic carbocycles. The van der Waals surface area contributed by atoms with Crippen molar-refractivity contribution in [1.82, 2.24) is 5.32 Å². The minimum Gasteiger partial charge on any atom is -0.481 e. The van der Waals surface area contributed by atoms with Crippen molar-refractivity contribution in [3.63, 3.8) is 0 Å². The van der Waals surface area contributed by atoms with Crippen molar-refractivity contribution in [2.45, 2.75) is 51.4 Å². The zero-order valence-corrected chi connectivity index (χ0v) is 14.0. The number of benzene rings is 1. The molecule has 22 heavy (non-hydrogen) atoms. The Morgan fingerprint density at radius 2 is 1.82 bits per heavy atom. The van der Waals surface area contributed by atoms with Gasteiger partial charge in [-0.2, -0.15) is 0 Å². The van der Waals surface area contributed by atoms with Crippen LogP contribution in [-0.2, 0) is 11.2 Å². The van der Waals surface area contributed by atoms with Gasteiger partial charge in [0.1, 0.15) is 0 Å². The van der Waals surface area contributed by atoms with E-state index in [2.05, 4.69) is 29.6 Å². The Morgan fingerprint density at radius 1 is 1.14 bits per heavy atom. The van der Waals surface area contributed by atoms with E-state index < -0.39 is 5.97 Å². The number of rotatable bonds is 8. The molecule has 0 amide bonds. The van der Waals surface area contributed by atoms with Crippen LogP contribution in [0, 0.1) is 5.41 Å². The van der Waals surface area contributed by atoms with Crippen LogP contribution in [0.4, 0.5) is 0 Å². The second-order valence-corrected chi connectivity index (χ2v) is 6.40. The molecule has 0 atom stereocenters. The summed E-state index contributed by atoms with van der Waals surface area (Å²) in [5.74, 6) is -0.650. The van der Waals surface area contributed by atoms with Crippen molar-refractivity contribution in [2.24, 2.45) is 5.41 Å². The average molecular weight is 326 g/mol. The summed E-state index contributed by atoms with van der Waals surface area (Å²) in [6.45, 7) is 1.82. The average Bonchev–Trinajstić information content (AvgIpc) is 2.48. The highest BCUT2D eigenvalue weighted by Gasteiger charge is 2.33. The van der Waals surface area contributed by atoms with E-state index in [1.807, 2.05) is 6.07 Å². The maximum absolute atomic E-state index is 11.1. The molecular weight excluding hydrogens is 298 g/mol. The van der Waals surface area contributed by atoms with E-state index in [0.717, 1.165) is 38.8 Å². The third-order valence-electron chi connectivity index (χ3n) is 4.60. The monoisotopic (exact) mass is 325 g/mol. The zero-order chi connectivity index (χ0) is 15.0. The molecule has 0 aromatic heterocycles. The number of halogens is 1. The second kappa shape index (κ2) is 9.86. The molecule has 0 aliphatic heterocycles. The van der Waals surface area contributed by atoms with Crippen molar-refractivity contribution in [3.05, 3.63) is 35.9 Å². The van der Waals surface area contributed by atoms with Gasteiger partial charge in [0.05, 0.1) is 6.42 Å². The van der Waals surface area contributed by atoms with Crippen LogP contribution in [0.1, 0.15) is 50.5 Å². The van der Waals surface area contributed by atoms with Gasteiger partial charge in [0.15, 0.2) is 0 Å². The van der Waals surface area contributed by atoms with Crippen LogP contribution in [0.5, 0.6) is 0 Å². The molecule has 2 N–H and O–H groups in total. The lowest BCUT2D eigenvalue weighted by Crippen LogP contribution is -2.38. The molecule has 4 heteroatoms. The minimum atomic E-state index is -0.650. The van der Waals surface area contributed by atoms with Gasteiger partial charge in [-0.1, -0.05) is 49.6 Å². The van der Waals surface area contributed by atoms with Crippen LogP contribution in [0.25, 0.3) is 0 Å². The SMILES string of the molecule is Cl.O=C(O)CC1(CNCCCc2ccccc2)CCCCC1. The van der Waals surface area contributed by atoms with Gasteiger partial charge in [0.25, 0.3) is 0 Å². The largest absolute Gasteiger partial charge is 0.481 e. The maximum Gasteiger partial charge on any atom is 0.303 e. The molecule has 1 aromatic rings. The molecule has 0 heterocycles. The van der Waals surface area contributed by atoms with Crippen LogP contribution < -0.4 is 5.32 Å². The van der Waals surface area contributed by atoms with E-state index in [9.17, 15) is 4.79 Å². The van der Waals surface area contributed by atoms with E-state index in [1.165, 1.54) is 24.8 Å². The normalized spacial score (nSPS) is 16.7. The summed E-state index contributed by atoms with van der Waals surface area (Å²) in [5, 5.41) is 12.7.